The van der Waals surface area contributed by atoms with Crippen molar-refractivity contribution >= 4 is 29.3 Å². The van der Waals surface area contributed by atoms with E-state index in [1.165, 1.54) is 18.0 Å². The van der Waals surface area contributed by atoms with Crippen LogP contribution in [-0.4, -0.2) is 22.2 Å². The van der Waals surface area contributed by atoms with Crippen molar-refractivity contribution in [3.05, 3.63) is 47.2 Å². The summed E-state index contributed by atoms with van der Waals surface area (Å²) in [5.74, 6) is -0.119. The first-order valence-corrected chi connectivity index (χ1v) is 6.64. The molecule has 0 radical (unpaired) electrons. The fraction of sp³-hybridized carbons (Fsp3) is 0.0833. The number of ether oxygens (including phenoxy) is 1. The highest BCUT2D eigenvalue weighted by Crippen LogP contribution is 2.19. The fourth-order valence-electron chi connectivity index (χ4n) is 1.23. The molecule has 2 aromatic rings. The molecule has 0 spiro atoms. The first-order chi connectivity index (χ1) is 8.70. The third kappa shape index (κ3) is 3.00. The molecule has 0 amide bonds. The van der Waals surface area contributed by atoms with Gasteiger partial charge in [0.15, 0.2) is 5.16 Å². The van der Waals surface area contributed by atoms with E-state index in [1.807, 2.05) is 12.3 Å². The predicted molar refractivity (Wildman–Crippen MR) is 70.2 cm³/mol. The van der Waals surface area contributed by atoms with Gasteiger partial charge in [-0.2, -0.15) is 0 Å². The van der Waals surface area contributed by atoms with Crippen LogP contribution < -0.4 is 4.74 Å². The molecule has 0 unspecified atom stereocenters. The number of carbonyl (C=O) groups is 1. The van der Waals surface area contributed by atoms with Gasteiger partial charge in [-0.1, -0.05) is 41.6 Å². The summed E-state index contributed by atoms with van der Waals surface area (Å²) in [5, 5.41) is 0.603. The number of benzene rings is 1. The molecule has 2 rings (SSSR count). The summed E-state index contributed by atoms with van der Waals surface area (Å²) in [6.45, 7) is 0. The molecule has 92 valence electrons. The first-order valence-electron chi connectivity index (χ1n) is 5.04. The summed E-state index contributed by atoms with van der Waals surface area (Å²) >= 11 is 7.25. The van der Waals surface area contributed by atoms with Crippen LogP contribution in [0.25, 0.3) is 0 Å². The highest BCUT2D eigenvalue weighted by Gasteiger charge is 2.15. The van der Waals surface area contributed by atoms with E-state index in [-0.39, 0.29) is 10.7 Å². The SMILES string of the molecule is CSc1ncc(C(=O)Oc2ccccc2)c(Cl)n1. The molecule has 0 atom stereocenters. The maximum atomic E-state index is 11.8. The Labute approximate surface area is 113 Å². The van der Waals surface area contributed by atoms with Crippen LogP contribution in [0.1, 0.15) is 10.4 Å². The molecule has 0 N–H and O–H groups in total. The summed E-state index contributed by atoms with van der Waals surface area (Å²) < 4.78 is 5.14. The minimum atomic E-state index is -0.571. The number of esters is 1. The van der Waals surface area contributed by atoms with Crippen LogP contribution in [0.2, 0.25) is 5.15 Å². The van der Waals surface area contributed by atoms with Gasteiger partial charge in [-0.15, -0.1) is 0 Å². The zero-order valence-electron chi connectivity index (χ0n) is 9.46. The quantitative estimate of drug-likeness (QED) is 0.284. The van der Waals surface area contributed by atoms with Gasteiger partial charge in [0.05, 0.1) is 0 Å². The van der Waals surface area contributed by atoms with E-state index in [0.29, 0.717) is 10.9 Å². The largest absolute Gasteiger partial charge is 0.423 e. The third-order valence-electron chi connectivity index (χ3n) is 2.08. The third-order valence-corrected chi connectivity index (χ3v) is 2.93. The first kappa shape index (κ1) is 12.9. The molecule has 0 aliphatic heterocycles. The number of hydrogen-bond acceptors (Lipinski definition) is 5. The number of para-hydroxylation sites is 1. The maximum Gasteiger partial charge on any atom is 0.348 e. The second-order valence-corrected chi connectivity index (χ2v) is 4.40. The molecule has 0 fully saturated rings. The molecule has 1 aromatic carbocycles. The second kappa shape index (κ2) is 5.84. The summed E-state index contributed by atoms with van der Waals surface area (Å²) in [6.07, 6.45) is 3.19. The van der Waals surface area contributed by atoms with Crippen molar-refractivity contribution in [2.24, 2.45) is 0 Å². The van der Waals surface area contributed by atoms with Crippen molar-refractivity contribution in [3.63, 3.8) is 0 Å². The maximum absolute atomic E-state index is 11.8. The molecular formula is C12H9ClN2O2S. The number of carbonyl (C=O) groups excluding carboxylic acids is 1. The van der Waals surface area contributed by atoms with Gasteiger partial charge in [0.1, 0.15) is 16.5 Å². The molecule has 0 saturated heterocycles. The van der Waals surface area contributed by atoms with Crippen LogP contribution >= 0.6 is 23.4 Å². The van der Waals surface area contributed by atoms with Gasteiger partial charge in [-0.05, 0) is 18.4 Å². The van der Waals surface area contributed by atoms with E-state index < -0.39 is 5.97 Å². The minimum Gasteiger partial charge on any atom is -0.423 e. The van der Waals surface area contributed by atoms with Crippen molar-refractivity contribution in [2.75, 3.05) is 6.26 Å². The van der Waals surface area contributed by atoms with E-state index in [4.69, 9.17) is 16.3 Å². The van der Waals surface area contributed by atoms with Crippen molar-refractivity contribution < 1.29 is 9.53 Å². The Morgan fingerprint density at radius 3 is 2.67 bits per heavy atom. The molecule has 6 heteroatoms. The lowest BCUT2D eigenvalue weighted by atomic mass is 10.3. The highest BCUT2D eigenvalue weighted by atomic mass is 35.5. The van der Waals surface area contributed by atoms with Gasteiger partial charge in [-0.25, -0.2) is 14.8 Å². The van der Waals surface area contributed by atoms with Gasteiger partial charge in [0.25, 0.3) is 0 Å². The molecular weight excluding hydrogens is 272 g/mol. The lowest BCUT2D eigenvalue weighted by Gasteiger charge is -2.05. The van der Waals surface area contributed by atoms with Gasteiger partial charge in [0, 0.05) is 6.20 Å². The summed E-state index contributed by atoms with van der Waals surface area (Å²) in [6, 6.07) is 8.75. The van der Waals surface area contributed by atoms with Crippen LogP contribution in [0.5, 0.6) is 5.75 Å². The molecule has 1 aromatic heterocycles. The molecule has 1 heterocycles. The van der Waals surface area contributed by atoms with Gasteiger partial charge in [-0.3, -0.25) is 0 Å². The lowest BCUT2D eigenvalue weighted by Crippen LogP contribution is -2.10. The standard InChI is InChI=1S/C12H9ClN2O2S/c1-18-12-14-7-9(10(13)15-12)11(16)17-8-5-3-2-4-6-8/h2-7H,1H3. The Kier molecular flexibility index (Phi) is 4.17. The number of thioether (sulfide) groups is 1. The van der Waals surface area contributed by atoms with E-state index in [2.05, 4.69) is 9.97 Å². The van der Waals surface area contributed by atoms with Gasteiger partial charge < -0.3 is 4.74 Å². The van der Waals surface area contributed by atoms with Crippen LogP contribution in [0, 0.1) is 0 Å². The monoisotopic (exact) mass is 280 g/mol. The van der Waals surface area contributed by atoms with Gasteiger partial charge in [0.2, 0.25) is 0 Å². The van der Waals surface area contributed by atoms with Crippen LogP contribution in [-0.2, 0) is 0 Å². The number of rotatable bonds is 3. The van der Waals surface area contributed by atoms with E-state index in [9.17, 15) is 4.79 Å². The number of halogens is 1. The topological polar surface area (TPSA) is 52.1 Å². The molecule has 0 aliphatic rings. The Hall–Kier alpha value is -1.59. The molecule has 0 bridgehead atoms. The minimum absolute atomic E-state index is 0.0929. The molecule has 0 saturated carbocycles. The van der Waals surface area contributed by atoms with Crippen LogP contribution in [0.4, 0.5) is 0 Å². The normalized spacial score (nSPS) is 10.1. The second-order valence-electron chi connectivity index (χ2n) is 3.26. The van der Waals surface area contributed by atoms with Crippen LogP contribution in [0.15, 0.2) is 41.7 Å². The predicted octanol–water partition coefficient (Wildman–Crippen LogP) is 3.07. The summed E-state index contributed by atoms with van der Waals surface area (Å²) in [5.41, 5.74) is 0.151. The molecule has 18 heavy (non-hydrogen) atoms. The van der Waals surface area contributed by atoms with E-state index in [1.54, 1.807) is 24.3 Å². The highest BCUT2D eigenvalue weighted by molar-refractivity contribution is 7.98. The van der Waals surface area contributed by atoms with Crippen LogP contribution in [0.3, 0.4) is 0 Å². The average molecular weight is 281 g/mol. The smallest absolute Gasteiger partial charge is 0.348 e. The van der Waals surface area contributed by atoms with Crippen molar-refractivity contribution in [1.82, 2.24) is 9.97 Å². The summed E-state index contributed by atoms with van der Waals surface area (Å²) in [7, 11) is 0. The van der Waals surface area contributed by atoms with Gasteiger partial charge >= 0.3 is 5.97 Å². The number of aromatic nitrogens is 2. The molecule has 4 nitrogen and oxygen atoms in total. The lowest BCUT2D eigenvalue weighted by molar-refractivity contribution is 0.0734. The van der Waals surface area contributed by atoms with Crippen molar-refractivity contribution in [1.29, 1.82) is 0 Å². The zero-order valence-corrected chi connectivity index (χ0v) is 11.0. The Balaban J connectivity index is 2.19. The number of nitrogens with zero attached hydrogens (tertiary/aromatic N) is 2. The Morgan fingerprint density at radius 2 is 2.06 bits per heavy atom. The average Bonchev–Trinajstić information content (AvgIpc) is 2.39. The Bertz CT molecular complexity index is 563. The fourth-order valence-corrected chi connectivity index (χ4v) is 1.83. The van der Waals surface area contributed by atoms with E-state index >= 15 is 0 Å². The van der Waals surface area contributed by atoms with E-state index in [0.717, 1.165) is 0 Å². The molecule has 0 aliphatic carbocycles. The number of hydrogen-bond donors (Lipinski definition) is 0. The summed E-state index contributed by atoms with van der Waals surface area (Å²) in [4.78, 5) is 19.8. The zero-order chi connectivity index (χ0) is 13.0. The van der Waals surface area contributed by atoms with Crippen molar-refractivity contribution in [3.8, 4) is 5.75 Å². The van der Waals surface area contributed by atoms with Crippen molar-refractivity contribution in [2.45, 2.75) is 5.16 Å². The Morgan fingerprint density at radius 1 is 1.33 bits per heavy atom.